The van der Waals surface area contributed by atoms with Gasteiger partial charge in [0, 0.05) is 5.69 Å². The molecule has 0 radical (unpaired) electrons. The second-order valence-electron chi connectivity index (χ2n) is 5.06. The van der Waals surface area contributed by atoms with Crippen molar-refractivity contribution in [3.63, 3.8) is 0 Å². The highest BCUT2D eigenvalue weighted by atomic mass is 19.1. The summed E-state index contributed by atoms with van der Waals surface area (Å²) in [6.07, 6.45) is -0.593. The van der Waals surface area contributed by atoms with Crippen LogP contribution < -0.4 is 10.2 Å². The van der Waals surface area contributed by atoms with Crippen molar-refractivity contribution in [2.75, 3.05) is 18.6 Å². The van der Waals surface area contributed by atoms with Crippen LogP contribution in [0.5, 0.6) is 0 Å². The number of hydrogen-bond acceptors (Lipinski definition) is 4. The lowest BCUT2D eigenvalue weighted by atomic mass is 10.1. The molecule has 1 aliphatic heterocycles. The zero-order valence-corrected chi connectivity index (χ0v) is 12.6. The van der Waals surface area contributed by atoms with Crippen LogP contribution in [-0.4, -0.2) is 25.7 Å². The zero-order valence-electron chi connectivity index (χ0n) is 12.6. The van der Waals surface area contributed by atoms with Gasteiger partial charge in [0.15, 0.2) is 0 Å². The Morgan fingerprint density at radius 1 is 1.26 bits per heavy atom. The summed E-state index contributed by atoms with van der Waals surface area (Å²) in [7, 11) is 1.29. The van der Waals surface area contributed by atoms with Crippen molar-refractivity contribution < 1.29 is 13.9 Å². The van der Waals surface area contributed by atoms with Crippen LogP contribution >= 0.6 is 0 Å². The van der Waals surface area contributed by atoms with Gasteiger partial charge in [0.05, 0.1) is 19.7 Å². The minimum absolute atomic E-state index is 0.194. The number of ether oxygens (including phenoxy) is 1. The monoisotopic (exact) mass is 313 g/mol. The molecule has 1 heterocycles. The number of guanidine groups is 1. The Kier molecular flexibility index (Phi) is 4.23. The number of alkyl carbamates (subject to hydrolysis) is 1. The number of rotatable bonds is 2. The van der Waals surface area contributed by atoms with Crippen LogP contribution in [0.1, 0.15) is 11.6 Å². The first kappa shape index (κ1) is 15.0. The molecule has 5 nitrogen and oxygen atoms in total. The van der Waals surface area contributed by atoms with Gasteiger partial charge in [-0.2, -0.15) is 0 Å². The second kappa shape index (κ2) is 6.48. The van der Waals surface area contributed by atoms with Gasteiger partial charge in [0.1, 0.15) is 5.82 Å². The molecule has 1 atom stereocenters. The van der Waals surface area contributed by atoms with E-state index in [2.05, 4.69) is 15.0 Å². The van der Waals surface area contributed by atoms with E-state index in [4.69, 9.17) is 0 Å². The lowest BCUT2D eigenvalue weighted by Crippen LogP contribution is -2.42. The highest BCUT2D eigenvalue weighted by Crippen LogP contribution is 2.31. The van der Waals surface area contributed by atoms with Crippen LogP contribution in [0.4, 0.5) is 14.9 Å². The molecule has 1 aliphatic rings. The maximum Gasteiger partial charge on any atom is 0.413 e. The number of carbonyl (C=O) groups excluding carboxylic acids is 1. The van der Waals surface area contributed by atoms with Gasteiger partial charge >= 0.3 is 6.09 Å². The molecule has 0 saturated carbocycles. The van der Waals surface area contributed by atoms with Crippen molar-refractivity contribution in [3.8, 4) is 0 Å². The summed E-state index contributed by atoms with van der Waals surface area (Å²) in [5.41, 5.74) is 1.65. The highest BCUT2D eigenvalue weighted by Gasteiger charge is 2.31. The Labute approximate surface area is 133 Å². The van der Waals surface area contributed by atoms with Gasteiger partial charge in [-0.3, -0.25) is 5.32 Å². The zero-order chi connectivity index (χ0) is 16.2. The van der Waals surface area contributed by atoms with Gasteiger partial charge in [-0.05, 0) is 29.8 Å². The first-order valence-corrected chi connectivity index (χ1v) is 7.18. The third-order valence-electron chi connectivity index (χ3n) is 3.62. The van der Waals surface area contributed by atoms with Crippen molar-refractivity contribution in [2.45, 2.75) is 6.04 Å². The Morgan fingerprint density at radius 2 is 2.04 bits per heavy atom. The molecule has 118 valence electrons. The van der Waals surface area contributed by atoms with Crippen molar-refractivity contribution in [1.82, 2.24) is 5.32 Å². The van der Waals surface area contributed by atoms with Crippen molar-refractivity contribution in [1.29, 1.82) is 0 Å². The fourth-order valence-corrected chi connectivity index (χ4v) is 2.58. The molecule has 2 aromatic carbocycles. The minimum atomic E-state index is -0.593. The molecule has 0 bridgehead atoms. The lowest BCUT2D eigenvalue weighted by Gasteiger charge is -2.28. The van der Waals surface area contributed by atoms with Gasteiger partial charge in [0.25, 0.3) is 0 Å². The number of anilines is 1. The molecule has 0 fully saturated rings. The van der Waals surface area contributed by atoms with E-state index in [1.165, 1.54) is 19.2 Å². The molecule has 1 amide bonds. The predicted octanol–water partition coefficient (Wildman–Crippen LogP) is 3.10. The van der Waals surface area contributed by atoms with Gasteiger partial charge in [-0.25, -0.2) is 14.2 Å². The molecule has 0 spiro atoms. The number of nitrogens with one attached hydrogen (secondary N) is 1. The molecular weight excluding hydrogens is 297 g/mol. The topological polar surface area (TPSA) is 53.9 Å². The van der Waals surface area contributed by atoms with Gasteiger partial charge in [-0.1, -0.05) is 30.3 Å². The first-order chi connectivity index (χ1) is 11.2. The van der Waals surface area contributed by atoms with E-state index in [1.54, 1.807) is 6.07 Å². The number of benzene rings is 2. The Balaban J connectivity index is 1.96. The predicted molar refractivity (Wildman–Crippen MR) is 85.9 cm³/mol. The Bertz CT molecular complexity index is 734. The number of hydrogen-bond donors (Lipinski definition) is 1. The lowest BCUT2D eigenvalue weighted by molar-refractivity contribution is 0.176. The van der Waals surface area contributed by atoms with Crippen molar-refractivity contribution in [3.05, 3.63) is 66.0 Å². The van der Waals surface area contributed by atoms with Crippen LogP contribution in [0.25, 0.3) is 0 Å². The molecule has 1 unspecified atom stereocenters. The average Bonchev–Trinajstić information content (AvgIpc) is 2.99. The van der Waals surface area contributed by atoms with E-state index in [0.29, 0.717) is 12.5 Å². The third kappa shape index (κ3) is 3.15. The average molecular weight is 313 g/mol. The van der Waals surface area contributed by atoms with Crippen LogP contribution in [0.2, 0.25) is 0 Å². The normalized spacial score (nSPS) is 16.9. The number of para-hydroxylation sites is 1. The molecular formula is C17H16FN3O2. The van der Waals surface area contributed by atoms with Gasteiger partial charge in [-0.15, -0.1) is 0 Å². The van der Waals surface area contributed by atoms with E-state index in [-0.39, 0.29) is 11.9 Å². The van der Waals surface area contributed by atoms with E-state index < -0.39 is 6.09 Å². The fourth-order valence-electron chi connectivity index (χ4n) is 2.58. The summed E-state index contributed by atoms with van der Waals surface area (Å²) in [6.45, 7) is 0.414. The first-order valence-electron chi connectivity index (χ1n) is 7.18. The number of halogens is 1. The van der Waals surface area contributed by atoms with Crippen LogP contribution in [-0.2, 0) is 4.74 Å². The number of aliphatic imine (C=N–C) groups is 1. The SMILES string of the molecule is COC(=O)NC1=NCC(c2cccc(F)c2)N1c1ccccc1. The third-order valence-corrected chi connectivity index (χ3v) is 3.62. The van der Waals surface area contributed by atoms with E-state index in [0.717, 1.165) is 11.3 Å². The molecule has 2 aromatic rings. The summed E-state index contributed by atoms with van der Waals surface area (Å²) in [6, 6.07) is 15.7. The number of carbonyl (C=O) groups is 1. The standard InChI is InChI=1S/C17H16FN3O2/c1-23-17(22)20-16-19-11-15(12-6-5-7-13(18)10-12)21(16)14-8-3-2-4-9-14/h2-10,15H,11H2,1H3,(H,19,20,22). The number of amides is 1. The summed E-state index contributed by atoms with van der Waals surface area (Å²) < 4.78 is 18.2. The Morgan fingerprint density at radius 3 is 2.74 bits per heavy atom. The molecule has 0 aliphatic carbocycles. The largest absolute Gasteiger partial charge is 0.453 e. The molecule has 6 heteroatoms. The highest BCUT2D eigenvalue weighted by molar-refractivity contribution is 6.05. The maximum absolute atomic E-state index is 13.6. The van der Waals surface area contributed by atoms with Crippen LogP contribution in [0.3, 0.4) is 0 Å². The summed E-state index contributed by atoms with van der Waals surface area (Å²) in [4.78, 5) is 17.8. The molecule has 1 N–H and O–H groups in total. The number of nitrogens with zero attached hydrogens (tertiary/aromatic N) is 2. The minimum Gasteiger partial charge on any atom is -0.453 e. The number of methoxy groups -OCH3 is 1. The molecule has 23 heavy (non-hydrogen) atoms. The smallest absolute Gasteiger partial charge is 0.413 e. The van der Waals surface area contributed by atoms with E-state index in [1.807, 2.05) is 41.3 Å². The van der Waals surface area contributed by atoms with Crippen LogP contribution in [0, 0.1) is 5.82 Å². The molecule has 0 saturated heterocycles. The van der Waals surface area contributed by atoms with Crippen molar-refractivity contribution in [2.24, 2.45) is 4.99 Å². The quantitative estimate of drug-likeness (QED) is 0.927. The van der Waals surface area contributed by atoms with Gasteiger partial charge < -0.3 is 9.64 Å². The summed E-state index contributed by atoms with van der Waals surface area (Å²) in [5, 5.41) is 2.61. The second-order valence-corrected chi connectivity index (χ2v) is 5.06. The van der Waals surface area contributed by atoms with Crippen molar-refractivity contribution >= 4 is 17.7 Å². The summed E-state index contributed by atoms with van der Waals surface area (Å²) >= 11 is 0. The van der Waals surface area contributed by atoms with E-state index in [9.17, 15) is 9.18 Å². The molecule has 0 aromatic heterocycles. The molecule has 3 rings (SSSR count). The van der Waals surface area contributed by atoms with Gasteiger partial charge in [0.2, 0.25) is 5.96 Å². The van der Waals surface area contributed by atoms with Crippen LogP contribution in [0.15, 0.2) is 59.6 Å². The van der Waals surface area contributed by atoms with E-state index >= 15 is 0 Å². The maximum atomic E-state index is 13.6. The fraction of sp³-hybridized carbons (Fsp3) is 0.176. The Hall–Kier alpha value is -2.89. The summed E-state index contributed by atoms with van der Waals surface area (Å²) in [5.74, 6) is 0.0854.